The maximum absolute atomic E-state index is 12.0. The minimum atomic E-state index is -1.06. The van der Waals surface area contributed by atoms with Crippen LogP contribution in [0.3, 0.4) is 0 Å². The molecule has 0 aromatic heterocycles. The third kappa shape index (κ3) is 4.25. The molecule has 0 aliphatic carbocycles. The normalized spacial score (nSPS) is 21.7. The van der Waals surface area contributed by atoms with Crippen LogP contribution < -0.4 is 5.73 Å². The van der Waals surface area contributed by atoms with Crippen molar-refractivity contribution in [3.8, 4) is 0 Å². The number of carbonyl (C=O) groups is 2. The third-order valence-corrected chi connectivity index (χ3v) is 2.83. The second-order valence-electron chi connectivity index (χ2n) is 4.22. The van der Waals surface area contributed by atoms with Gasteiger partial charge in [0.05, 0.1) is 19.2 Å². The van der Waals surface area contributed by atoms with E-state index in [1.807, 2.05) is 0 Å². The average molecular weight is 260 g/mol. The first-order valence-corrected chi connectivity index (χ1v) is 5.94. The highest BCUT2D eigenvalue weighted by atomic mass is 16.5. The lowest BCUT2D eigenvalue weighted by Crippen LogP contribution is -2.53. The van der Waals surface area contributed by atoms with Gasteiger partial charge in [-0.2, -0.15) is 0 Å². The van der Waals surface area contributed by atoms with Crippen molar-refractivity contribution < 1.29 is 24.2 Å². The number of carbonyl (C=O) groups excluding carboxylic acids is 1. The highest BCUT2D eigenvalue weighted by Crippen LogP contribution is 2.08. The van der Waals surface area contributed by atoms with E-state index >= 15 is 0 Å². The Morgan fingerprint density at radius 3 is 2.94 bits per heavy atom. The molecule has 7 nitrogen and oxygen atoms in total. The van der Waals surface area contributed by atoms with Gasteiger partial charge in [0.2, 0.25) is 5.91 Å². The van der Waals surface area contributed by atoms with Crippen LogP contribution in [0.15, 0.2) is 0 Å². The van der Waals surface area contributed by atoms with Gasteiger partial charge >= 0.3 is 5.97 Å². The lowest BCUT2D eigenvalue weighted by atomic mass is 10.1. The molecule has 0 aromatic rings. The molecule has 1 amide bonds. The van der Waals surface area contributed by atoms with Gasteiger partial charge in [0, 0.05) is 20.3 Å². The molecule has 0 bridgehead atoms. The highest BCUT2D eigenvalue weighted by Gasteiger charge is 2.30. The number of carboxylic acids is 1. The summed E-state index contributed by atoms with van der Waals surface area (Å²) in [7, 11) is 1.59. The predicted molar refractivity (Wildman–Crippen MR) is 63.0 cm³/mol. The van der Waals surface area contributed by atoms with Crippen molar-refractivity contribution in [1.29, 1.82) is 0 Å². The molecule has 0 spiro atoms. The number of hydrogen-bond acceptors (Lipinski definition) is 5. The van der Waals surface area contributed by atoms with Crippen LogP contribution in [0.25, 0.3) is 0 Å². The summed E-state index contributed by atoms with van der Waals surface area (Å²) in [6, 6.07) is -0.604. The summed E-state index contributed by atoms with van der Waals surface area (Å²) in [5, 5.41) is 8.84. The number of morpholine rings is 1. The van der Waals surface area contributed by atoms with Gasteiger partial charge in [-0.25, -0.2) is 4.79 Å². The average Bonchev–Trinajstić information content (AvgIpc) is 2.38. The van der Waals surface area contributed by atoms with Crippen LogP contribution in [0, 0.1) is 0 Å². The lowest BCUT2D eigenvalue weighted by molar-refractivity contribution is -0.159. The smallest absolute Gasteiger partial charge is 0.334 e. The highest BCUT2D eigenvalue weighted by molar-refractivity contribution is 5.82. The van der Waals surface area contributed by atoms with Gasteiger partial charge < -0.3 is 25.2 Å². The van der Waals surface area contributed by atoms with Gasteiger partial charge in [-0.05, 0) is 12.8 Å². The van der Waals surface area contributed by atoms with Crippen molar-refractivity contribution in [3.05, 3.63) is 0 Å². The van der Waals surface area contributed by atoms with Crippen molar-refractivity contribution in [2.75, 3.05) is 33.4 Å². The van der Waals surface area contributed by atoms with E-state index in [9.17, 15) is 9.59 Å². The van der Waals surface area contributed by atoms with Crippen LogP contribution in [0.5, 0.6) is 0 Å². The van der Waals surface area contributed by atoms with Gasteiger partial charge in [-0.15, -0.1) is 0 Å². The summed E-state index contributed by atoms with van der Waals surface area (Å²) in [5.74, 6) is -1.28. The maximum Gasteiger partial charge on any atom is 0.334 e. The monoisotopic (exact) mass is 260 g/mol. The van der Waals surface area contributed by atoms with Crippen LogP contribution in [0.2, 0.25) is 0 Å². The minimum Gasteiger partial charge on any atom is -0.479 e. The summed E-state index contributed by atoms with van der Waals surface area (Å²) >= 11 is 0. The molecule has 1 rings (SSSR count). The van der Waals surface area contributed by atoms with Crippen molar-refractivity contribution in [2.45, 2.75) is 25.0 Å². The SMILES string of the molecule is COCCCC(N)C(=O)N1CCOC(C(=O)O)C1. The van der Waals surface area contributed by atoms with Crippen molar-refractivity contribution in [2.24, 2.45) is 5.73 Å². The number of carboxylic acid groups (broad SMARTS) is 1. The Morgan fingerprint density at radius 1 is 1.61 bits per heavy atom. The van der Waals surface area contributed by atoms with Gasteiger partial charge in [0.25, 0.3) is 0 Å². The quantitative estimate of drug-likeness (QED) is 0.597. The van der Waals surface area contributed by atoms with Crippen LogP contribution in [0.4, 0.5) is 0 Å². The van der Waals surface area contributed by atoms with E-state index in [1.54, 1.807) is 7.11 Å². The Morgan fingerprint density at radius 2 is 2.33 bits per heavy atom. The Hall–Kier alpha value is -1.18. The Balaban J connectivity index is 2.42. The molecule has 1 heterocycles. The Labute approximate surface area is 106 Å². The summed E-state index contributed by atoms with van der Waals surface area (Å²) in [5.41, 5.74) is 5.78. The first-order chi connectivity index (χ1) is 8.56. The second kappa shape index (κ2) is 7.30. The summed E-state index contributed by atoms with van der Waals surface area (Å²) in [6.45, 7) is 1.24. The molecule has 0 saturated carbocycles. The molecule has 18 heavy (non-hydrogen) atoms. The minimum absolute atomic E-state index is 0.0617. The fraction of sp³-hybridized carbons (Fsp3) is 0.818. The second-order valence-corrected chi connectivity index (χ2v) is 4.22. The van der Waals surface area contributed by atoms with Gasteiger partial charge in [-0.3, -0.25) is 4.79 Å². The number of aliphatic carboxylic acids is 1. The van der Waals surface area contributed by atoms with E-state index in [-0.39, 0.29) is 19.1 Å². The summed E-state index contributed by atoms with van der Waals surface area (Å²) in [4.78, 5) is 24.2. The molecule has 1 fully saturated rings. The molecule has 2 unspecified atom stereocenters. The number of rotatable bonds is 6. The molecule has 7 heteroatoms. The zero-order chi connectivity index (χ0) is 13.5. The van der Waals surface area contributed by atoms with Gasteiger partial charge in [0.1, 0.15) is 0 Å². The largest absolute Gasteiger partial charge is 0.479 e. The fourth-order valence-corrected chi connectivity index (χ4v) is 1.80. The molecule has 0 radical (unpaired) electrons. The number of nitrogens with two attached hydrogens (primary N) is 1. The van der Waals surface area contributed by atoms with E-state index in [0.717, 1.165) is 0 Å². The van der Waals surface area contributed by atoms with Crippen LogP contribution in [-0.2, 0) is 19.1 Å². The molecular formula is C11H20N2O5. The first kappa shape index (κ1) is 14.9. The molecule has 104 valence electrons. The first-order valence-electron chi connectivity index (χ1n) is 5.94. The fourth-order valence-electron chi connectivity index (χ4n) is 1.80. The lowest BCUT2D eigenvalue weighted by Gasteiger charge is -2.32. The van der Waals surface area contributed by atoms with E-state index in [0.29, 0.717) is 26.0 Å². The van der Waals surface area contributed by atoms with Crippen molar-refractivity contribution in [1.82, 2.24) is 4.90 Å². The molecule has 0 aromatic carbocycles. The number of nitrogens with zero attached hydrogens (tertiary/aromatic N) is 1. The van der Waals surface area contributed by atoms with Crippen LogP contribution >= 0.6 is 0 Å². The van der Waals surface area contributed by atoms with Gasteiger partial charge in [-0.1, -0.05) is 0 Å². The van der Waals surface area contributed by atoms with E-state index in [2.05, 4.69) is 0 Å². The Bertz CT molecular complexity index is 297. The molecule has 2 atom stereocenters. The molecule has 1 aliphatic rings. The topological polar surface area (TPSA) is 102 Å². The summed E-state index contributed by atoms with van der Waals surface area (Å²) in [6.07, 6.45) is 0.284. The molecular weight excluding hydrogens is 240 g/mol. The number of amides is 1. The van der Waals surface area contributed by atoms with E-state index < -0.39 is 18.1 Å². The van der Waals surface area contributed by atoms with Crippen molar-refractivity contribution in [3.63, 3.8) is 0 Å². The molecule has 1 aliphatic heterocycles. The zero-order valence-electron chi connectivity index (χ0n) is 10.5. The maximum atomic E-state index is 12.0. The standard InChI is InChI=1S/C11H20N2O5/c1-17-5-2-3-8(12)10(14)13-4-6-18-9(7-13)11(15)16/h8-9H,2-7,12H2,1H3,(H,15,16). The van der Waals surface area contributed by atoms with Crippen molar-refractivity contribution >= 4 is 11.9 Å². The molecule has 3 N–H and O–H groups in total. The zero-order valence-corrected chi connectivity index (χ0v) is 10.5. The van der Waals surface area contributed by atoms with Crippen LogP contribution in [0.1, 0.15) is 12.8 Å². The van der Waals surface area contributed by atoms with Crippen LogP contribution in [-0.4, -0.2) is 67.4 Å². The third-order valence-electron chi connectivity index (χ3n) is 2.83. The van der Waals surface area contributed by atoms with E-state index in [4.69, 9.17) is 20.3 Å². The predicted octanol–water partition coefficient (Wildman–Crippen LogP) is -0.948. The molecule has 1 saturated heterocycles. The number of methoxy groups -OCH3 is 1. The van der Waals surface area contributed by atoms with E-state index in [1.165, 1.54) is 4.90 Å². The summed E-state index contributed by atoms with van der Waals surface area (Å²) < 4.78 is 9.93. The number of ether oxygens (including phenoxy) is 2. The number of hydrogen-bond donors (Lipinski definition) is 2. The van der Waals surface area contributed by atoms with Gasteiger partial charge in [0.15, 0.2) is 6.10 Å². The Kier molecular flexibility index (Phi) is 6.03.